The van der Waals surface area contributed by atoms with E-state index in [0.29, 0.717) is 13.2 Å². The minimum atomic E-state index is -0.746. The lowest BCUT2D eigenvalue weighted by Crippen LogP contribution is -2.47. The van der Waals surface area contributed by atoms with Crippen LogP contribution in [0.1, 0.15) is 24.4 Å². The molecule has 4 nitrogen and oxygen atoms in total. The first-order chi connectivity index (χ1) is 10.7. The van der Waals surface area contributed by atoms with E-state index in [1.165, 1.54) is 0 Å². The summed E-state index contributed by atoms with van der Waals surface area (Å²) in [5.41, 5.74) is 0.232. The fourth-order valence-corrected chi connectivity index (χ4v) is 3.57. The van der Waals surface area contributed by atoms with Crippen LogP contribution in [0, 0.1) is 17.6 Å². The van der Waals surface area contributed by atoms with Crippen LogP contribution in [-0.4, -0.2) is 49.4 Å². The molecule has 8 heteroatoms. The van der Waals surface area contributed by atoms with Gasteiger partial charge < -0.3 is 15.2 Å². The van der Waals surface area contributed by atoms with Gasteiger partial charge in [-0.2, -0.15) is 0 Å². The van der Waals surface area contributed by atoms with E-state index in [1.807, 2.05) is 0 Å². The summed E-state index contributed by atoms with van der Waals surface area (Å²) in [5, 5.41) is 13.4. The summed E-state index contributed by atoms with van der Waals surface area (Å²) in [7, 11) is 0. The molecule has 0 bridgehead atoms. The van der Waals surface area contributed by atoms with E-state index in [9.17, 15) is 13.9 Å². The third-order valence-corrected chi connectivity index (χ3v) is 4.63. The average Bonchev–Trinajstić information content (AvgIpc) is 2.52. The molecule has 0 radical (unpaired) electrons. The van der Waals surface area contributed by atoms with Crippen LogP contribution in [0.25, 0.3) is 0 Å². The molecule has 3 rings (SSSR count). The zero-order valence-corrected chi connectivity index (χ0v) is 15.0. The molecule has 0 amide bonds. The van der Waals surface area contributed by atoms with Crippen molar-refractivity contribution in [2.75, 3.05) is 39.4 Å². The monoisotopic (exact) mass is 384 g/mol. The van der Waals surface area contributed by atoms with E-state index in [4.69, 9.17) is 4.74 Å². The number of halogens is 4. The van der Waals surface area contributed by atoms with E-state index in [-0.39, 0.29) is 48.1 Å². The van der Waals surface area contributed by atoms with Crippen LogP contribution in [0.3, 0.4) is 0 Å². The van der Waals surface area contributed by atoms with Gasteiger partial charge in [0, 0.05) is 63.1 Å². The first kappa shape index (κ1) is 21.4. The van der Waals surface area contributed by atoms with Gasteiger partial charge in [0.15, 0.2) is 0 Å². The number of piperazine rings is 1. The summed E-state index contributed by atoms with van der Waals surface area (Å²) in [6.45, 7) is 4.55. The number of ether oxygens (including phenoxy) is 1. The predicted molar refractivity (Wildman–Crippen MR) is 93.2 cm³/mol. The maximum absolute atomic E-state index is 14.4. The molecule has 2 saturated heterocycles. The molecule has 138 valence electrons. The Hall–Kier alpha value is -0.660. The summed E-state index contributed by atoms with van der Waals surface area (Å²) >= 11 is 0. The molecule has 0 unspecified atom stereocenters. The van der Waals surface area contributed by atoms with E-state index < -0.39 is 11.6 Å². The smallest absolute Gasteiger partial charge is 0.134 e. The van der Waals surface area contributed by atoms with Crippen LogP contribution < -0.4 is 5.32 Å². The summed E-state index contributed by atoms with van der Waals surface area (Å²) < 4.78 is 33.1. The quantitative estimate of drug-likeness (QED) is 0.840. The first-order valence-electron chi connectivity index (χ1n) is 7.87. The molecule has 0 spiro atoms. The molecule has 1 atom stereocenters. The van der Waals surface area contributed by atoms with E-state index in [2.05, 4.69) is 10.2 Å². The van der Waals surface area contributed by atoms with Gasteiger partial charge in [-0.3, -0.25) is 4.90 Å². The number of aromatic hydroxyl groups is 1. The predicted octanol–water partition coefficient (Wildman–Crippen LogP) is 2.89. The van der Waals surface area contributed by atoms with Gasteiger partial charge in [0.2, 0.25) is 0 Å². The van der Waals surface area contributed by atoms with Crippen LogP contribution >= 0.6 is 24.8 Å². The lowest BCUT2D eigenvalue weighted by atomic mass is 9.85. The minimum Gasteiger partial charge on any atom is -0.507 e. The van der Waals surface area contributed by atoms with Crippen molar-refractivity contribution in [3.05, 3.63) is 29.3 Å². The summed E-state index contributed by atoms with van der Waals surface area (Å²) in [4.78, 5) is 2.20. The molecule has 0 aromatic heterocycles. The number of hydrogen-bond donors (Lipinski definition) is 2. The molecule has 2 N–H and O–H groups in total. The highest BCUT2D eigenvalue weighted by Crippen LogP contribution is 2.40. The normalized spacial score (nSPS) is 20.8. The highest BCUT2D eigenvalue weighted by molar-refractivity contribution is 5.85. The number of hydrogen-bond acceptors (Lipinski definition) is 4. The highest BCUT2D eigenvalue weighted by atomic mass is 35.5. The van der Waals surface area contributed by atoms with Crippen LogP contribution in [-0.2, 0) is 4.74 Å². The van der Waals surface area contributed by atoms with Crippen LogP contribution in [0.5, 0.6) is 5.75 Å². The van der Waals surface area contributed by atoms with Crippen molar-refractivity contribution in [3.63, 3.8) is 0 Å². The molecule has 2 aliphatic rings. The van der Waals surface area contributed by atoms with Crippen molar-refractivity contribution in [1.82, 2.24) is 10.2 Å². The van der Waals surface area contributed by atoms with Gasteiger partial charge in [0.05, 0.1) is 0 Å². The van der Waals surface area contributed by atoms with Crippen LogP contribution in [0.15, 0.2) is 12.1 Å². The first-order valence-corrected chi connectivity index (χ1v) is 7.87. The number of nitrogens with zero attached hydrogens (tertiary/aromatic N) is 1. The lowest BCUT2D eigenvalue weighted by Gasteiger charge is -2.41. The second-order valence-electron chi connectivity index (χ2n) is 6.00. The van der Waals surface area contributed by atoms with Crippen molar-refractivity contribution in [2.45, 2.75) is 18.9 Å². The number of phenolic OH excluding ortho intramolecular Hbond substituents is 1. The molecule has 24 heavy (non-hydrogen) atoms. The maximum Gasteiger partial charge on any atom is 0.134 e. The van der Waals surface area contributed by atoms with Gasteiger partial charge in [0.1, 0.15) is 17.4 Å². The van der Waals surface area contributed by atoms with Crippen molar-refractivity contribution < 1.29 is 18.6 Å². The maximum atomic E-state index is 14.4. The van der Waals surface area contributed by atoms with Gasteiger partial charge in [-0.25, -0.2) is 8.78 Å². The van der Waals surface area contributed by atoms with Crippen molar-refractivity contribution in [3.8, 4) is 5.75 Å². The molecule has 0 saturated carbocycles. The summed E-state index contributed by atoms with van der Waals surface area (Å²) in [5.74, 6) is -1.48. The van der Waals surface area contributed by atoms with Gasteiger partial charge in [-0.1, -0.05) is 0 Å². The standard InChI is InChI=1S/C16H22F2N2O2.2ClH/c17-12-9-13(18)15(14(21)10-12)16(11-1-7-22-8-2-11)20-5-3-19-4-6-20;;/h9-11,16,19,21H,1-8H2;2*1H/t16-;;/m0../s1. The Morgan fingerprint density at radius 3 is 2.33 bits per heavy atom. The molecule has 0 aliphatic carbocycles. The molecule has 1 aromatic carbocycles. The second kappa shape index (κ2) is 9.73. The Balaban J connectivity index is 0.00000144. The molecule has 2 fully saturated rings. The second-order valence-corrected chi connectivity index (χ2v) is 6.00. The fraction of sp³-hybridized carbons (Fsp3) is 0.625. The topological polar surface area (TPSA) is 44.7 Å². The Labute approximate surface area is 153 Å². The highest BCUT2D eigenvalue weighted by Gasteiger charge is 2.35. The summed E-state index contributed by atoms with van der Waals surface area (Å²) in [6, 6.07) is 1.64. The van der Waals surface area contributed by atoms with Gasteiger partial charge in [-0.05, 0) is 18.8 Å². The number of benzene rings is 1. The van der Waals surface area contributed by atoms with Crippen molar-refractivity contribution in [1.29, 1.82) is 0 Å². The zero-order chi connectivity index (χ0) is 15.5. The SMILES string of the molecule is Cl.Cl.Oc1cc(F)cc(F)c1[C@H](C1CCOCC1)N1CCNCC1. The number of phenols is 1. The molecular formula is C16H24Cl2F2N2O2. The van der Waals surface area contributed by atoms with Crippen LogP contribution in [0.2, 0.25) is 0 Å². The Bertz CT molecular complexity index is 484. The Kier molecular flexibility index (Phi) is 8.67. The van der Waals surface area contributed by atoms with Gasteiger partial charge in [0.25, 0.3) is 0 Å². The van der Waals surface area contributed by atoms with E-state index >= 15 is 0 Å². The van der Waals surface area contributed by atoms with E-state index in [0.717, 1.165) is 51.2 Å². The largest absolute Gasteiger partial charge is 0.507 e. The zero-order valence-electron chi connectivity index (χ0n) is 13.3. The minimum absolute atomic E-state index is 0. The van der Waals surface area contributed by atoms with E-state index in [1.54, 1.807) is 0 Å². The molecular weight excluding hydrogens is 361 g/mol. The third-order valence-electron chi connectivity index (χ3n) is 4.63. The average molecular weight is 385 g/mol. The fourth-order valence-electron chi connectivity index (χ4n) is 3.57. The molecule has 1 aromatic rings. The Morgan fingerprint density at radius 1 is 1.12 bits per heavy atom. The summed E-state index contributed by atoms with van der Waals surface area (Å²) in [6.07, 6.45) is 1.65. The van der Waals surface area contributed by atoms with Gasteiger partial charge >= 0.3 is 0 Å². The third kappa shape index (κ3) is 4.70. The van der Waals surface area contributed by atoms with Crippen LogP contribution in [0.4, 0.5) is 8.78 Å². The van der Waals surface area contributed by atoms with Gasteiger partial charge in [-0.15, -0.1) is 24.8 Å². The molecule has 2 heterocycles. The molecule has 2 aliphatic heterocycles. The number of rotatable bonds is 3. The van der Waals surface area contributed by atoms with Crippen molar-refractivity contribution >= 4 is 24.8 Å². The number of nitrogens with one attached hydrogen (secondary N) is 1. The Morgan fingerprint density at radius 2 is 1.75 bits per heavy atom. The van der Waals surface area contributed by atoms with Crippen molar-refractivity contribution in [2.24, 2.45) is 5.92 Å². The lowest BCUT2D eigenvalue weighted by molar-refractivity contribution is 0.0195.